The molecule has 3 heterocycles. The number of nitrogens with zero attached hydrogens (tertiary/aromatic N) is 3. The molecule has 3 fully saturated rings. The predicted octanol–water partition coefficient (Wildman–Crippen LogP) is -0.0291. The van der Waals surface area contributed by atoms with Crippen molar-refractivity contribution in [2.24, 2.45) is 5.92 Å². The first-order chi connectivity index (χ1) is 11.2. The van der Waals surface area contributed by atoms with Crippen LogP contribution in [0.4, 0.5) is 4.79 Å². The standard InChI is InChI=1S/C16H28N4O3/c1-2-13-10-20(11-14(13)18-6-8-23-9-7-18)15(21)12-19-5-3-4-17-16(19)22/h13-14H,2-12H2,1H3,(H,17,22)/t13-,14-/m1/s1. The van der Waals surface area contributed by atoms with E-state index in [1.54, 1.807) is 4.90 Å². The van der Waals surface area contributed by atoms with Crippen molar-refractivity contribution < 1.29 is 14.3 Å². The molecule has 3 aliphatic heterocycles. The summed E-state index contributed by atoms with van der Waals surface area (Å²) in [4.78, 5) is 30.5. The Balaban J connectivity index is 1.57. The number of carbonyl (C=O) groups excluding carboxylic acids is 2. The second kappa shape index (κ2) is 7.49. The van der Waals surface area contributed by atoms with Crippen molar-refractivity contribution in [2.45, 2.75) is 25.8 Å². The van der Waals surface area contributed by atoms with Gasteiger partial charge >= 0.3 is 6.03 Å². The van der Waals surface area contributed by atoms with Gasteiger partial charge in [0.05, 0.1) is 13.2 Å². The molecule has 0 aromatic rings. The number of nitrogens with one attached hydrogen (secondary N) is 1. The van der Waals surface area contributed by atoms with Gasteiger partial charge in [0.25, 0.3) is 0 Å². The minimum atomic E-state index is -0.111. The Morgan fingerprint density at radius 1 is 1.26 bits per heavy atom. The van der Waals surface area contributed by atoms with Gasteiger partial charge in [0.1, 0.15) is 6.54 Å². The molecular weight excluding hydrogens is 296 g/mol. The van der Waals surface area contributed by atoms with E-state index < -0.39 is 0 Å². The summed E-state index contributed by atoms with van der Waals surface area (Å²) in [5.74, 6) is 0.600. The lowest BCUT2D eigenvalue weighted by atomic mass is 9.99. The lowest BCUT2D eigenvalue weighted by Crippen LogP contribution is -2.51. The van der Waals surface area contributed by atoms with Gasteiger partial charge in [0.15, 0.2) is 0 Å². The number of likely N-dealkylation sites (tertiary alicyclic amines) is 1. The fraction of sp³-hybridized carbons (Fsp3) is 0.875. The van der Waals surface area contributed by atoms with E-state index in [1.165, 1.54) is 0 Å². The first-order valence-electron chi connectivity index (χ1n) is 8.81. The van der Waals surface area contributed by atoms with Crippen LogP contribution in [0.5, 0.6) is 0 Å². The van der Waals surface area contributed by atoms with Crippen LogP contribution in [0.15, 0.2) is 0 Å². The molecule has 130 valence electrons. The molecule has 2 atom stereocenters. The Morgan fingerprint density at radius 3 is 2.74 bits per heavy atom. The molecule has 0 aromatic heterocycles. The quantitative estimate of drug-likeness (QED) is 0.789. The third-order valence-electron chi connectivity index (χ3n) is 5.29. The molecule has 3 saturated heterocycles. The molecule has 0 aliphatic carbocycles. The molecule has 7 heteroatoms. The minimum absolute atomic E-state index is 0.0799. The number of hydrogen-bond donors (Lipinski definition) is 1. The van der Waals surface area contributed by atoms with Gasteiger partial charge in [-0.1, -0.05) is 13.3 Å². The molecule has 0 spiro atoms. The summed E-state index contributed by atoms with van der Waals surface area (Å²) >= 11 is 0. The zero-order valence-electron chi connectivity index (χ0n) is 14.0. The average Bonchev–Trinajstić information content (AvgIpc) is 3.02. The zero-order chi connectivity index (χ0) is 16.2. The predicted molar refractivity (Wildman–Crippen MR) is 86.1 cm³/mol. The summed E-state index contributed by atoms with van der Waals surface area (Å²) in [6, 6.07) is 0.323. The molecular formula is C16H28N4O3. The van der Waals surface area contributed by atoms with Crippen molar-refractivity contribution in [1.29, 1.82) is 0 Å². The van der Waals surface area contributed by atoms with E-state index in [0.717, 1.165) is 52.2 Å². The highest BCUT2D eigenvalue weighted by Crippen LogP contribution is 2.25. The Morgan fingerprint density at radius 2 is 2.04 bits per heavy atom. The van der Waals surface area contributed by atoms with Crippen LogP contribution < -0.4 is 5.32 Å². The number of rotatable bonds is 4. The molecule has 7 nitrogen and oxygen atoms in total. The van der Waals surface area contributed by atoms with E-state index in [1.807, 2.05) is 4.90 Å². The Bertz CT molecular complexity index is 439. The molecule has 23 heavy (non-hydrogen) atoms. The second-order valence-electron chi connectivity index (χ2n) is 6.69. The zero-order valence-corrected chi connectivity index (χ0v) is 14.0. The third-order valence-corrected chi connectivity index (χ3v) is 5.29. The van der Waals surface area contributed by atoms with E-state index in [-0.39, 0.29) is 18.5 Å². The Labute approximate surface area is 137 Å². The maximum absolute atomic E-state index is 12.6. The smallest absolute Gasteiger partial charge is 0.317 e. The van der Waals surface area contributed by atoms with Crippen LogP contribution in [-0.4, -0.2) is 91.7 Å². The first-order valence-corrected chi connectivity index (χ1v) is 8.81. The van der Waals surface area contributed by atoms with Gasteiger partial charge in [-0.05, 0) is 12.3 Å². The SMILES string of the molecule is CC[C@@H]1CN(C(=O)CN2CCCNC2=O)C[C@H]1N1CCOCC1. The monoisotopic (exact) mass is 324 g/mol. The summed E-state index contributed by atoms with van der Waals surface area (Å²) in [7, 11) is 0. The van der Waals surface area contributed by atoms with Crippen LogP contribution in [0.3, 0.4) is 0 Å². The van der Waals surface area contributed by atoms with Gasteiger partial charge in [-0.3, -0.25) is 9.69 Å². The Hall–Kier alpha value is -1.34. The fourth-order valence-corrected chi connectivity index (χ4v) is 3.87. The molecule has 3 rings (SSSR count). The van der Waals surface area contributed by atoms with Crippen molar-refractivity contribution in [3.63, 3.8) is 0 Å². The van der Waals surface area contributed by atoms with E-state index in [0.29, 0.717) is 25.0 Å². The van der Waals surface area contributed by atoms with Crippen molar-refractivity contribution in [3.05, 3.63) is 0 Å². The average molecular weight is 324 g/mol. The van der Waals surface area contributed by atoms with Crippen LogP contribution in [-0.2, 0) is 9.53 Å². The second-order valence-corrected chi connectivity index (χ2v) is 6.69. The minimum Gasteiger partial charge on any atom is -0.379 e. The van der Waals surface area contributed by atoms with Gasteiger partial charge in [0.2, 0.25) is 5.91 Å². The number of urea groups is 1. The highest BCUT2D eigenvalue weighted by atomic mass is 16.5. The number of carbonyl (C=O) groups is 2. The molecule has 0 radical (unpaired) electrons. The lowest BCUT2D eigenvalue weighted by Gasteiger charge is -2.34. The summed E-state index contributed by atoms with van der Waals surface area (Å²) in [5.41, 5.74) is 0. The van der Waals surface area contributed by atoms with Crippen molar-refractivity contribution >= 4 is 11.9 Å². The van der Waals surface area contributed by atoms with E-state index in [9.17, 15) is 9.59 Å². The van der Waals surface area contributed by atoms with Crippen LogP contribution >= 0.6 is 0 Å². The maximum atomic E-state index is 12.6. The Kier molecular flexibility index (Phi) is 5.38. The van der Waals surface area contributed by atoms with Crippen LogP contribution in [0.1, 0.15) is 19.8 Å². The van der Waals surface area contributed by atoms with Gasteiger partial charge in [0, 0.05) is 45.3 Å². The van der Waals surface area contributed by atoms with Gasteiger partial charge in [-0.15, -0.1) is 0 Å². The number of amides is 3. The van der Waals surface area contributed by atoms with Crippen LogP contribution in [0.2, 0.25) is 0 Å². The fourth-order valence-electron chi connectivity index (χ4n) is 3.87. The number of ether oxygens (including phenoxy) is 1. The third kappa shape index (κ3) is 3.77. The number of hydrogen-bond acceptors (Lipinski definition) is 4. The van der Waals surface area contributed by atoms with E-state index in [2.05, 4.69) is 17.1 Å². The van der Waals surface area contributed by atoms with Crippen molar-refractivity contribution in [1.82, 2.24) is 20.0 Å². The molecule has 0 saturated carbocycles. The molecule has 0 bridgehead atoms. The lowest BCUT2D eigenvalue weighted by molar-refractivity contribution is -0.131. The van der Waals surface area contributed by atoms with E-state index >= 15 is 0 Å². The largest absolute Gasteiger partial charge is 0.379 e. The summed E-state index contributed by atoms with van der Waals surface area (Å²) < 4.78 is 5.44. The molecule has 3 amide bonds. The highest BCUT2D eigenvalue weighted by Gasteiger charge is 2.38. The van der Waals surface area contributed by atoms with Crippen LogP contribution in [0.25, 0.3) is 0 Å². The topological polar surface area (TPSA) is 65.1 Å². The first kappa shape index (κ1) is 16.5. The maximum Gasteiger partial charge on any atom is 0.317 e. The molecule has 0 aromatic carbocycles. The summed E-state index contributed by atoms with van der Waals surface area (Å²) in [6.07, 6.45) is 1.99. The van der Waals surface area contributed by atoms with Crippen molar-refractivity contribution in [3.8, 4) is 0 Å². The van der Waals surface area contributed by atoms with E-state index in [4.69, 9.17) is 4.74 Å². The van der Waals surface area contributed by atoms with Gasteiger partial charge in [-0.2, -0.15) is 0 Å². The van der Waals surface area contributed by atoms with Gasteiger partial charge < -0.3 is 19.9 Å². The highest BCUT2D eigenvalue weighted by molar-refractivity contribution is 5.84. The summed E-state index contributed by atoms with van der Waals surface area (Å²) in [5, 5.41) is 2.80. The van der Waals surface area contributed by atoms with Crippen molar-refractivity contribution in [2.75, 3.05) is 59.0 Å². The molecule has 0 unspecified atom stereocenters. The normalized spacial score (nSPS) is 29.7. The molecule has 3 aliphatic rings. The molecule has 1 N–H and O–H groups in total. The summed E-state index contributed by atoms with van der Waals surface area (Å²) in [6.45, 7) is 8.88. The van der Waals surface area contributed by atoms with Crippen LogP contribution in [0, 0.1) is 5.92 Å². The number of morpholine rings is 1. The van der Waals surface area contributed by atoms with Gasteiger partial charge in [-0.25, -0.2) is 4.79 Å².